The molecule has 0 radical (unpaired) electrons. The van der Waals surface area contributed by atoms with Gasteiger partial charge in [0.2, 0.25) is 0 Å². The maximum atomic E-state index is 12.0. The molecular formula is C17H18ClN3O. The highest BCUT2D eigenvalue weighted by Crippen LogP contribution is 2.22. The first-order valence-electron chi connectivity index (χ1n) is 7.24. The van der Waals surface area contributed by atoms with E-state index in [-0.39, 0.29) is 6.03 Å². The Balaban J connectivity index is 1.68. The van der Waals surface area contributed by atoms with Crippen LogP contribution in [0.15, 0.2) is 42.5 Å². The standard InChI is InChI=1S/C17H18ClN3O/c1-21-8-7-12-5-6-16(9-13(12)11-21)20-17(22)19-15-4-2-3-14(18)10-15/h2-6,9-10H,7-8,11H2,1H3,(H2,19,20,22). The Bertz CT molecular complexity index is 702. The van der Waals surface area contributed by atoms with Crippen LogP contribution in [0.1, 0.15) is 11.1 Å². The minimum absolute atomic E-state index is 0.272. The fourth-order valence-corrected chi connectivity index (χ4v) is 2.83. The normalized spacial score (nSPS) is 14.3. The average molecular weight is 316 g/mol. The molecule has 1 aliphatic heterocycles. The van der Waals surface area contributed by atoms with E-state index >= 15 is 0 Å². The molecule has 0 aliphatic carbocycles. The minimum atomic E-state index is -0.272. The van der Waals surface area contributed by atoms with Crippen molar-refractivity contribution in [2.24, 2.45) is 0 Å². The van der Waals surface area contributed by atoms with Crippen LogP contribution in [-0.2, 0) is 13.0 Å². The van der Waals surface area contributed by atoms with Gasteiger partial charge < -0.3 is 15.5 Å². The van der Waals surface area contributed by atoms with Crippen molar-refractivity contribution in [1.29, 1.82) is 0 Å². The van der Waals surface area contributed by atoms with Crippen LogP contribution >= 0.6 is 11.6 Å². The number of anilines is 2. The first-order valence-corrected chi connectivity index (χ1v) is 7.62. The Kier molecular flexibility index (Phi) is 4.32. The van der Waals surface area contributed by atoms with Gasteiger partial charge in [0.05, 0.1) is 0 Å². The lowest BCUT2D eigenvalue weighted by atomic mass is 9.99. The number of nitrogens with zero attached hydrogens (tertiary/aromatic N) is 1. The van der Waals surface area contributed by atoms with Crippen molar-refractivity contribution in [3.63, 3.8) is 0 Å². The highest BCUT2D eigenvalue weighted by atomic mass is 35.5. The third kappa shape index (κ3) is 3.59. The van der Waals surface area contributed by atoms with Crippen molar-refractivity contribution in [3.8, 4) is 0 Å². The van der Waals surface area contributed by atoms with Crippen molar-refractivity contribution in [2.75, 3.05) is 24.2 Å². The van der Waals surface area contributed by atoms with Crippen LogP contribution in [0.25, 0.3) is 0 Å². The number of urea groups is 1. The van der Waals surface area contributed by atoms with E-state index in [4.69, 9.17) is 11.6 Å². The van der Waals surface area contributed by atoms with E-state index in [0.29, 0.717) is 10.7 Å². The van der Waals surface area contributed by atoms with Crippen LogP contribution in [0.2, 0.25) is 5.02 Å². The number of carbonyl (C=O) groups excluding carboxylic acids is 1. The van der Waals surface area contributed by atoms with E-state index in [1.54, 1.807) is 24.3 Å². The van der Waals surface area contributed by atoms with E-state index in [1.807, 2.05) is 12.1 Å². The SMILES string of the molecule is CN1CCc2ccc(NC(=O)Nc3cccc(Cl)c3)cc2C1. The Hall–Kier alpha value is -2.04. The summed E-state index contributed by atoms with van der Waals surface area (Å²) in [5, 5.41) is 6.23. The summed E-state index contributed by atoms with van der Waals surface area (Å²) < 4.78 is 0. The fourth-order valence-electron chi connectivity index (χ4n) is 2.64. The molecule has 0 aromatic heterocycles. The summed E-state index contributed by atoms with van der Waals surface area (Å²) in [7, 11) is 2.11. The van der Waals surface area contributed by atoms with Gasteiger partial charge >= 0.3 is 6.03 Å². The maximum Gasteiger partial charge on any atom is 0.323 e. The number of likely N-dealkylation sites (N-methyl/N-ethyl adjacent to an activating group) is 1. The molecular weight excluding hydrogens is 298 g/mol. The number of nitrogens with one attached hydrogen (secondary N) is 2. The summed E-state index contributed by atoms with van der Waals surface area (Å²) in [5.74, 6) is 0. The molecule has 1 heterocycles. The highest BCUT2D eigenvalue weighted by Gasteiger charge is 2.13. The van der Waals surface area contributed by atoms with Gasteiger partial charge in [0.15, 0.2) is 0 Å². The van der Waals surface area contributed by atoms with Gasteiger partial charge in [0.25, 0.3) is 0 Å². The zero-order chi connectivity index (χ0) is 15.5. The monoisotopic (exact) mass is 315 g/mol. The first kappa shape index (κ1) is 14.9. The van der Waals surface area contributed by atoms with Crippen molar-refractivity contribution in [3.05, 3.63) is 58.6 Å². The minimum Gasteiger partial charge on any atom is -0.308 e. The lowest BCUT2D eigenvalue weighted by Gasteiger charge is -2.25. The Morgan fingerprint density at radius 2 is 1.86 bits per heavy atom. The molecule has 2 amide bonds. The van der Waals surface area contributed by atoms with Crippen molar-refractivity contribution < 1.29 is 4.79 Å². The quantitative estimate of drug-likeness (QED) is 0.880. The molecule has 3 rings (SSSR count). The molecule has 5 heteroatoms. The van der Waals surface area contributed by atoms with Gasteiger partial charge in [-0.15, -0.1) is 0 Å². The largest absolute Gasteiger partial charge is 0.323 e. The first-order chi connectivity index (χ1) is 10.6. The number of benzene rings is 2. The van der Waals surface area contributed by atoms with Gasteiger partial charge in [0.1, 0.15) is 0 Å². The Morgan fingerprint density at radius 1 is 1.09 bits per heavy atom. The molecule has 2 aromatic rings. The molecule has 1 aliphatic rings. The van der Waals surface area contributed by atoms with Crippen molar-refractivity contribution in [2.45, 2.75) is 13.0 Å². The molecule has 2 N–H and O–H groups in total. The summed E-state index contributed by atoms with van der Waals surface area (Å²) in [6, 6.07) is 12.9. The summed E-state index contributed by atoms with van der Waals surface area (Å²) in [4.78, 5) is 14.3. The molecule has 2 aromatic carbocycles. The Morgan fingerprint density at radius 3 is 2.64 bits per heavy atom. The predicted molar refractivity (Wildman–Crippen MR) is 90.6 cm³/mol. The molecule has 0 saturated carbocycles. The highest BCUT2D eigenvalue weighted by molar-refractivity contribution is 6.30. The zero-order valence-corrected chi connectivity index (χ0v) is 13.2. The molecule has 0 fully saturated rings. The second-order valence-electron chi connectivity index (χ2n) is 5.56. The van der Waals surface area contributed by atoms with Crippen LogP contribution in [0.4, 0.5) is 16.2 Å². The topological polar surface area (TPSA) is 44.4 Å². The van der Waals surface area contributed by atoms with Gasteiger partial charge in [0, 0.05) is 29.5 Å². The van der Waals surface area contributed by atoms with E-state index in [0.717, 1.165) is 25.2 Å². The summed E-state index contributed by atoms with van der Waals surface area (Å²) >= 11 is 5.91. The van der Waals surface area contributed by atoms with Crippen LogP contribution in [-0.4, -0.2) is 24.5 Å². The smallest absolute Gasteiger partial charge is 0.308 e. The molecule has 4 nitrogen and oxygen atoms in total. The average Bonchev–Trinajstić information content (AvgIpc) is 2.46. The van der Waals surface area contributed by atoms with Crippen LogP contribution in [0, 0.1) is 0 Å². The predicted octanol–water partition coefficient (Wildman–Crippen LogP) is 3.97. The maximum absolute atomic E-state index is 12.0. The molecule has 0 atom stereocenters. The van der Waals surface area contributed by atoms with Gasteiger partial charge in [-0.3, -0.25) is 0 Å². The lowest BCUT2D eigenvalue weighted by Crippen LogP contribution is -2.26. The van der Waals surface area contributed by atoms with Gasteiger partial charge in [-0.1, -0.05) is 23.7 Å². The molecule has 22 heavy (non-hydrogen) atoms. The van der Waals surface area contributed by atoms with Gasteiger partial charge in [-0.2, -0.15) is 0 Å². The van der Waals surface area contributed by atoms with E-state index in [1.165, 1.54) is 11.1 Å². The van der Waals surface area contributed by atoms with Gasteiger partial charge in [-0.05, 0) is 54.9 Å². The van der Waals surface area contributed by atoms with Crippen LogP contribution in [0.3, 0.4) is 0 Å². The number of hydrogen-bond donors (Lipinski definition) is 2. The van der Waals surface area contributed by atoms with Crippen molar-refractivity contribution >= 4 is 29.0 Å². The number of amides is 2. The number of carbonyl (C=O) groups is 1. The molecule has 0 spiro atoms. The number of hydrogen-bond acceptors (Lipinski definition) is 2. The summed E-state index contributed by atoms with van der Waals surface area (Å²) in [6.07, 6.45) is 1.06. The van der Waals surface area contributed by atoms with E-state index < -0.39 is 0 Å². The number of rotatable bonds is 2. The van der Waals surface area contributed by atoms with Gasteiger partial charge in [-0.25, -0.2) is 4.79 Å². The summed E-state index contributed by atoms with van der Waals surface area (Å²) in [5.41, 5.74) is 4.10. The third-order valence-electron chi connectivity index (χ3n) is 3.75. The third-order valence-corrected chi connectivity index (χ3v) is 3.98. The number of fused-ring (bicyclic) bond motifs is 1. The van der Waals surface area contributed by atoms with Crippen LogP contribution in [0.5, 0.6) is 0 Å². The molecule has 0 saturated heterocycles. The molecule has 114 valence electrons. The van der Waals surface area contributed by atoms with E-state index in [9.17, 15) is 4.79 Å². The molecule has 0 bridgehead atoms. The lowest BCUT2D eigenvalue weighted by molar-refractivity contribution is 0.262. The Labute approximate surface area is 135 Å². The van der Waals surface area contributed by atoms with Crippen LogP contribution < -0.4 is 10.6 Å². The molecule has 0 unspecified atom stereocenters. The van der Waals surface area contributed by atoms with E-state index in [2.05, 4.69) is 28.6 Å². The number of halogens is 1. The second-order valence-corrected chi connectivity index (χ2v) is 6.00. The zero-order valence-electron chi connectivity index (χ0n) is 12.4. The summed E-state index contributed by atoms with van der Waals surface area (Å²) in [6.45, 7) is 2.00. The fraction of sp³-hybridized carbons (Fsp3) is 0.235. The second kappa shape index (κ2) is 6.38. The van der Waals surface area contributed by atoms with Crippen molar-refractivity contribution in [1.82, 2.24) is 4.90 Å².